The monoisotopic (exact) mass is 164 g/mol. The third-order valence-electron chi connectivity index (χ3n) is 1.95. The second kappa shape index (κ2) is 4.82. The highest BCUT2D eigenvalue weighted by Crippen LogP contribution is 2.08. The smallest absolute Gasteiger partial charge is 0.234 e. The molecule has 0 aromatic rings. The van der Waals surface area contributed by atoms with Gasteiger partial charge in [0.05, 0.1) is 6.42 Å². The number of amides is 1. The van der Waals surface area contributed by atoms with Crippen molar-refractivity contribution < 1.29 is 4.79 Å². The topological polar surface area (TPSA) is 20.3 Å². The van der Waals surface area contributed by atoms with Gasteiger partial charge in [-0.2, -0.15) is 0 Å². The first-order chi connectivity index (χ1) is 5.84. The number of hydrogen-bond acceptors (Lipinski definition) is 1. The van der Waals surface area contributed by atoms with E-state index in [-0.39, 0.29) is 5.91 Å². The maximum Gasteiger partial charge on any atom is 0.234 e. The van der Waals surface area contributed by atoms with Crippen molar-refractivity contribution in [3.05, 3.63) is 6.92 Å². The van der Waals surface area contributed by atoms with Crippen LogP contribution >= 0.6 is 0 Å². The molecule has 1 heterocycles. The molecule has 1 rings (SSSR count). The molecule has 2 nitrogen and oxygen atoms in total. The van der Waals surface area contributed by atoms with Crippen molar-refractivity contribution >= 4 is 5.91 Å². The quantitative estimate of drug-likeness (QED) is 0.534. The van der Waals surface area contributed by atoms with Crippen molar-refractivity contribution in [2.45, 2.75) is 25.7 Å². The van der Waals surface area contributed by atoms with Crippen molar-refractivity contribution in [1.29, 1.82) is 0 Å². The molecule has 0 aromatic heterocycles. The second-order valence-corrected chi connectivity index (χ2v) is 2.87. The fourth-order valence-corrected chi connectivity index (χ4v) is 1.30. The van der Waals surface area contributed by atoms with Gasteiger partial charge in [-0.25, -0.2) is 0 Å². The van der Waals surface area contributed by atoms with Gasteiger partial charge >= 0.3 is 0 Å². The Morgan fingerprint density at radius 1 is 1.33 bits per heavy atom. The number of hydrogen-bond donors (Lipinski definition) is 0. The number of carbonyl (C=O) groups is 1. The normalized spacial score (nSPS) is 15.6. The first-order valence-corrected chi connectivity index (χ1v) is 4.37. The first kappa shape index (κ1) is 9.12. The van der Waals surface area contributed by atoms with Crippen LogP contribution in [0, 0.1) is 18.8 Å². The SMILES string of the molecule is [CH2]CC#CCC(=O)N1CCCC1. The summed E-state index contributed by atoms with van der Waals surface area (Å²) < 4.78 is 0. The van der Waals surface area contributed by atoms with E-state index in [0.717, 1.165) is 25.9 Å². The first-order valence-electron chi connectivity index (χ1n) is 4.37. The summed E-state index contributed by atoms with van der Waals surface area (Å²) >= 11 is 0. The fraction of sp³-hybridized carbons (Fsp3) is 0.600. The summed E-state index contributed by atoms with van der Waals surface area (Å²) in [7, 11) is 0. The van der Waals surface area contributed by atoms with E-state index in [9.17, 15) is 4.79 Å². The van der Waals surface area contributed by atoms with Gasteiger partial charge in [0.25, 0.3) is 0 Å². The van der Waals surface area contributed by atoms with Crippen molar-refractivity contribution in [3.8, 4) is 11.8 Å². The van der Waals surface area contributed by atoms with E-state index in [4.69, 9.17) is 0 Å². The molecule has 0 spiro atoms. The molecule has 1 aliphatic heterocycles. The van der Waals surface area contributed by atoms with Gasteiger partial charge in [-0.05, 0) is 19.8 Å². The summed E-state index contributed by atoms with van der Waals surface area (Å²) in [5.41, 5.74) is 0. The fourth-order valence-electron chi connectivity index (χ4n) is 1.30. The Bertz CT molecular complexity index is 206. The minimum atomic E-state index is 0.174. The Morgan fingerprint density at radius 2 is 2.00 bits per heavy atom. The highest BCUT2D eigenvalue weighted by Gasteiger charge is 2.15. The van der Waals surface area contributed by atoms with Gasteiger partial charge in [0.1, 0.15) is 0 Å². The van der Waals surface area contributed by atoms with Crippen LogP contribution in [-0.2, 0) is 4.79 Å². The summed E-state index contributed by atoms with van der Waals surface area (Å²) in [4.78, 5) is 13.2. The highest BCUT2D eigenvalue weighted by molar-refractivity contribution is 5.78. The summed E-state index contributed by atoms with van der Waals surface area (Å²) in [6.45, 7) is 5.42. The maximum absolute atomic E-state index is 11.3. The molecule has 1 amide bonds. The van der Waals surface area contributed by atoms with Crippen LogP contribution in [0.2, 0.25) is 0 Å². The minimum absolute atomic E-state index is 0.174. The Labute approximate surface area is 73.9 Å². The van der Waals surface area contributed by atoms with Crippen LogP contribution in [0.4, 0.5) is 0 Å². The van der Waals surface area contributed by atoms with Crippen LogP contribution in [0.25, 0.3) is 0 Å². The van der Waals surface area contributed by atoms with Crippen molar-refractivity contribution in [2.75, 3.05) is 13.1 Å². The van der Waals surface area contributed by atoms with E-state index in [1.807, 2.05) is 4.90 Å². The summed E-state index contributed by atoms with van der Waals surface area (Å²) in [6.07, 6.45) is 3.26. The van der Waals surface area contributed by atoms with E-state index in [1.165, 1.54) is 0 Å². The van der Waals surface area contributed by atoms with Crippen LogP contribution in [0.1, 0.15) is 25.7 Å². The van der Waals surface area contributed by atoms with Gasteiger partial charge in [-0.15, -0.1) is 5.92 Å². The Kier molecular flexibility index (Phi) is 3.66. The van der Waals surface area contributed by atoms with Crippen molar-refractivity contribution in [1.82, 2.24) is 4.90 Å². The van der Waals surface area contributed by atoms with Crippen molar-refractivity contribution in [3.63, 3.8) is 0 Å². The average Bonchev–Trinajstić information content (AvgIpc) is 2.56. The lowest BCUT2D eigenvalue weighted by atomic mass is 10.3. The van der Waals surface area contributed by atoms with Crippen LogP contribution in [-0.4, -0.2) is 23.9 Å². The zero-order valence-corrected chi connectivity index (χ0v) is 7.31. The van der Waals surface area contributed by atoms with Crippen molar-refractivity contribution in [2.24, 2.45) is 0 Å². The van der Waals surface area contributed by atoms with Gasteiger partial charge in [0.15, 0.2) is 0 Å². The standard InChI is InChI=1S/C10H14NO/c1-2-3-4-7-10(12)11-8-5-6-9-11/h1-2,5-9H2. The van der Waals surface area contributed by atoms with Crippen LogP contribution in [0.3, 0.4) is 0 Å². The molecule has 1 aliphatic rings. The van der Waals surface area contributed by atoms with Crippen LogP contribution in [0.15, 0.2) is 0 Å². The molecule has 1 radical (unpaired) electrons. The van der Waals surface area contributed by atoms with E-state index in [0.29, 0.717) is 12.8 Å². The van der Waals surface area contributed by atoms with E-state index < -0.39 is 0 Å². The van der Waals surface area contributed by atoms with E-state index >= 15 is 0 Å². The molecule has 0 bridgehead atoms. The number of nitrogens with zero attached hydrogens (tertiary/aromatic N) is 1. The molecular formula is C10H14NO. The molecule has 65 valence electrons. The lowest BCUT2D eigenvalue weighted by molar-refractivity contribution is -0.129. The number of rotatable bonds is 1. The lowest BCUT2D eigenvalue weighted by Gasteiger charge is -2.12. The zero-order valence-electron chi connectivity index (χ0n) is 7.31. The van der Waals surface area contributed by atoms with Gasteiger partial charge in [0.2, 0.25) is 5.91 Å². The molecule has 1 fully saturated rings. The molecule has 0 N–H and O–H groups in total. The number of likely N-dealkylation sites (tertiary alicyclic amines) is 1. The summed E-state index contributed by atoms with van der Waals surface area (Å²) in [6, 6.07) is 0. The molecule has 1 saturated heterocycles. The zero-order chi connectivity index (χ0) is 8.81. The Balaban J connectivity index is 2.27. The maximum atomic E-state index is 11.3. The molecule has 0 aliphatic carbocycles. The summed E-state index contributed by atoms with van der Waals surface area (Å²) in [5, 5.41) is 0. The molecule has 2 heteroatoms. The van der Waals surface area contributed by atoms with Crippen LogP contribution < -0.4 is 0 Å². The Hall–Kier alpha value is -0.970. The third-order valence-corrected chi connectivity index (χ3v) is 1.95. The van der Waals surface area contributed by atoms with Gasteiger partial charge in [-0.1, -0.05) is 5.92 Å². The van der Waals surface area contributed by atoms with Crippen LogP contribution in [0.5, 0.6) is 0 Å². The van der Waals surface area contributed by atoms with Gasteiger partial charge in [-0.3, -0.25) is 4.79 Å². The molecule has 0 saturated carbocycles. The van der Waals surface area contributed by atoms with E-state index in [1.54, 1.807) is 0 Å². The predicted octanol–water partition coefficient (Wildman–Crippen LogP) is 1.23. The second-order valence-electron chi connectivity index (χ2n) is 2.87. The molecule has 0 atom stereocenters. The molecular weight excluding hydrogens is 150 g/mol. The third kappa shape index (κ3) is 2.58. The molecule has 0 unspecified atom stereocenters. The number of carbonyl (C=O) groups excluding carboxylic acids is 1. The molecule has 12 heavy (non-hydrogen) atoms. The molecule has 0 aromatic carbocycles. The lowest BCUT2D eigenvalue weighted by Crippen LogP contribution is -2.26. The van der Waals surface area contributed by atoms with Gasteiger partial charge in [0, 0.05) is 19.5 Å². The van der Waals surface area contributed by atoms with E-state index in [2.05, 4.69) is 18.8 Å². The minimum Gasteiger partial charge on any atom is -0.342 e. The average molecular weight is 164 g/mol. The van der Waals surface area contributed by atoms with Gasteiger partial charge < -0.3 is 4.90 Å². The highest BCUT2D eigenvalue weighted by atomic mass is 16.2. The summed E-state index contributed by atoms with van der Waals surface area (Å²) in [5.74, 6) is 5.78. The largest absolute Gasteiger partial charge is 0.342 e. The Morgan fingerprint density at radius 3 is 2.58 bits per heavy atom. The predicted molar refractivity (Wildman–Crippen MR) is 48.2 cm³/mol.